The molecule has 8 nitrogen and oxygen atoms in total. The summed E-state index contributed by atoms with van der Waals surface area (Å²) < 4.78 is 10.2. The van der Waals surface area contributed by atoms with E-state index in [1.165, 1.54) is 30.8 Å². The summed E-state index contributed by atoms with van der Waals surface area (Å²) >= 11 is 1.36. The number of amides is 2. The molecule has 1 atom stereocenters. The van der Waals surface area contributed by atoms with E-state index in [1.807, 2.05) is 13.8 Å². The third-order valence-corrected chi connectivity index (χ3v) is 4.69. The van der Waals surface area contributed by atoms with E-state index < -0.39 is 23.9 Å². The predicted octanol–water partition coefficient (Wildman–Crippen LogP) is 2.19. The fraction of sp³-hybridized carbons (Fsp3) is 0.333. The Hall–Kier alpha value is -2.81. The second kappa shape index (κ2) is 9.22. The number of hydrogen-bond acceptors (Lipinski definition) is 7. The van der Waals surface area contributed by atoms with E-state index >= 15 is 0 Å². The summed E-state index contributed by atoms with van der Waals surface area (Å²) in [5.41, 5.74) is 7.72. The molecule has 0 aliphatic heterocycles. The van der Waals surface area contributed by atoms with Crippen molar-refractivity contribution in [3.8, 4) is 0 Å². The molecule has 1 heterocycles. The zero-order valence-electron chi connectivity index (χ0n) is 15.3. The number of carbonyl (C=O) groups is 3. The van der Waals surface area contributed by atoms with E-state index in [0.717, 1.165) is 17.0 Å². The van der Waals surface area contributed by atoms with Crippen molar-refractivity contribution in [1.29, 1.82) is 0 Å². The van der Waals surface area contributed by atoms with E-state index in [0.29, 0.717) is 17.0 Å². The van der Waals surface area contributed by atoms with Crippen molar-refractivity contribution in [2.45, 2.75) is 32.6 Å². The Morgan fingerprint density at radius 2 is 1.93 bits per heavy atom. The van der Waals surface area contributed by atoms with Crippen molar-refractivity contribution in [2.75, 3.05) is 11.1 Å². The molecule has 9 heteroatoms. The molecular formula is C18H21N3O5S. The lowest BCUT2D eigenvalue weighted by Gasteiger charge is -2.13. The smallest absolute Gasteiger partial charge is 0.316 e. The molecule has 0 saturated heterocycles. The van der Waals surface area contributed by atoms with Gasteiger partial charge in [0.15, 0.2) is 6.10 Å². The monoisotopic (exact) mass is 391 g/mol. The number of ether oxygens (including phenoxy) is 1. The van der Waals surface area contributed by atoms with Gasteiger partial charge >= 0.3 is 5.97 Å². The highest BCUT2D eigenvalue weighted by Gasteiger charge is 2.18. The maximum atomic E-state index is 12.1. The Labute approximate surface area is 160 Å². The minimum atomic E-state index is -0.951. The lowest BCUT2D eigenvalue weighted by atomic mass is 10.2. The third-order valence-electron chi connectivity index (χ3n) is 3.76. The Morgan fingerprint density at radius 1 is 1.26 bits per heavy atom. The molecule has 0 fully saturated rings. The van der Waals surface area contributed by atoms with Gasteiger partial charge in [-0.1, -0.05) is 5.16 Å². The van der Waals surface area contributed by atoms with Gasteiger partial charge in [-0.15, -0.1) is 11.8 Å². The summed E-state index contributed by atoms with van der Waals surface area (Å²) in [4.78, 5) is 35.1. The molecule has 0 unspecified atom stereocenters. The summed E-state index contributed by atoms with van der Waals surface area (Å²) in [5.74, 6) is -0.102. The molecule has 27 heavy (non-hydrogen) atoms. The quantitative estimate of drug-likeness (QED) is 0.661. The van der Waals surface area contributed by atoms with Gasteiger partial charge in [0, 0.05) is 22.6 Å². The number of anilines is 1. The van der Waals surface area contributed by atoms with E-state index in [1.54, 1.807) is 12.1 Å². The first-order valence-electron chi connectivity index (χ1n) is 8.17. The molecule has 0 bridgehead atoms. The summed E-state index contributed by atoms with van der Waals surface area (Å²) in [6.45, 7) is 5.15. The number of thioether (sulfide) groups is 1. The maximum Gasteiger partial charge on any atom is 0.316 e. The van der Waals surface area contributed by atoms with Crippen LogP contribution in [0.1, 0.15) is 34.3 Å². The minimum absolute atomic E-state index is 0.106. The van der Waals surface area contributed by atoms with Crippen molar-refractivity contribution < 1.29 is 23.6 Å². The van der Waals surface area contributed by atoms with Crippen LogP contribution >= 0.6 is 11.8 Å². The fourth-order valence-electron chi connectivity index (χ4n) is 2.19. The Kier molecular flexibility index (Phi) is 7.00. The molecule has 1 aromatic carbocycles. The van der Waals surface area contributed by atoms with Crippen LogP contribution in [-0.4, -0.2) is 34.8 Å². The van der Waals surface area contributed by atoms with E-state index in [2.05, 4.69) is 10.5 Å². The number of nitrogens with zero attached hydrogens (tertiary/aromatic N) is 1. The van der Waals surface area contributed by atoms with Crippen LogP contribution < -0.4 is 11.1 Å². The minimum Gasteiger partial charge on any atom is -0.452 e. The highest BCUT2D eigenvalue weighted by molar-refractivity contribution is 7.99. The molecule has 2 rings (SSSR count). The number of aromatic nitrogens is 1. The van der Waals surface area contributed by atoms with Crippen molar-refractivity contribution in [1.82, 2.24) is 5.16 Å². The van der Waals surface area contributed by atoms with Crippen LogP contribution in [0.15, 0.2) is 28.8 Å². The standard InChI is InChI=1S/C18H21N3O5S/c1-10-15(11(2)26-21-10)8-27-9-16(22)25-12(3)18(24)20-14-6-4-13(5-7-14)17(19)23/h4-7,12H,8-9H2,1-3H3,(H2,19,23)(H,20,24)/t12-/m0/s1. The number of esters is 1. The van der Waals surface area contributed by atoms with Gasteiger partial charge in [0.1, 0.15) is 5.76 Å². The summed E-state index contributed by atoms with van der Waals surface area (Å²) in [6, 6.07) is 6.10. The lowest BCUT2D eigenvalue weighted by molar-refractivity contribution is -0.150. The van der Waals surface area contributed by atoms with Crippen LogP contribution in [0.25, 0.3) is 0 Å². The van der Waals surface area contributed by atoms with Gasteiger partial charge in [0.2, 0.25) is 5.91 Å². The van der Waals surface area contributed by atoms with Gasteiger partial charge in [-0.2, -0.15) is 0 Å². The maximum absolute atomic E-state index is 12.1. The number of rotatable bonds is 8. The largest absolute Gasteiger partial charge is 0.452 e. The number of aryl methyl sites for hydroxylation is 2. The SMILES string of the molecule is Cc1noc(C)c1CSCC(=O)O[C@@H](C)C(=O)Nc1ccc(C(N)=O)cc1. The van der Waals surface area contributed by atoms with Crippen LogP contribution in [0.3, 0.4) is 0 Å². The molecule has 144 valence electrons. The Balaban J connectivity index is 1.77. The normalized spacial score (nSPS) is 11.7. The van der Waals surface area contributed by atoms with Crippen molar-refractivity contribution in [3.63, 3.8) is 0 Å². The lowest BCUT2D eigenvalue weighted by Crippen LogP contribution is -2.30. The van der Waals surface area contributed by atoms with E-state index in [-0.39, 0.29) is 5.75 Å². The van der Waals surface area contributed by atoms with Crippen LogP contribution in [0.4, 0.5) is 5.69 Å². The van der Waals surface area contributed by atoms with Crippen LogP contribution in [0, 0.1) is 13.8 Å². The molecule has 0 aliphatic carbocycles. The average Bonchev–Trinajstić information content (AvgIpc) is 2.94. The number of nitrogens with two attached hydrogens (primary N) is 1. The van der Waals surface area contributed by atoms with Crippen molar-refractivity contribution in [2.24, 2.45) is 5.73 Å². The molecule has 3 N–H and O–H groups in total. The number of primary amides is 1. The third kappa shape index (κ3) is 5.85. The van der Waals surface area contributed by atoms with Gasteiger partial charge in [-0.25, -0.2) is 0 Å². The van der Waals surface area contributed by atoms with Crippen LogP contribution in [-0.2, 0) is 20.1 Å². The Morgan fingerprint density at radius 3 is 2.48 bits per heavy atom. The number of nitrogens with one attached hydrogen (secondary N) is 1. The van der Waals surface area contributed by atoms with Crippen LogP contribution in [0.5, 0.6) is 0 Å². The summed E-state index contributed by atoms with van der Waals surface area (Å²) in [5, 5.41) is 6.47. The molecule has 2 amide bonds. The molecule has 0 aliphatic rings. The zero-order valence-corrected chi connectivity index (χ0v) is 16.1. The first kappa shape index (κ1) is 20.5. The second-order valence-corrected chi connectivity index (χ2v) is 6.84. The average molecular weight is 391 g/mol. The highest BCUT2D eigenvalue weighted by Crippen LogP contribution is 2.19. The first-order chi connectivity index (χ1) is 12.8. The zero-order chi connectivity index (χ0) is 20.0. The number of hydrogen-bond donors (Lipinski definition) is 2. The second-order valence-electron chi connectivity index (χ2n) is 5.86. The predicted molar refractivity (Wildman–Crippen MR) is 101 cm³/mol. The van der Waals surface area contributed by atoms with Crippen LogP contribution in [0.2, 0.25) is 0 Å². The first-order valence-corrected chi connectivity index (χ1v) is 9.33. The summed E-state index contributed by atoms with van der Waals surface area (Å²) in [6.07, 6.45) is -0.951. The Bertz CT molecular complexity index is 813. The van der Waals surface area contributed by atoms with Gasteiger partial charge in [-0.3, -0.25) is 14.4 Å². The molecule has 2 aromatic rings. The van der Waals surface area contributed by atoms with Gasteiger partial charge in [0.05, 0.1) is 11.4 Å². The number of carbonyl (C=O) groups excluding carboxylic acids is 3. The van der Waals surface area contributed by atoms with Gasteiger partial charge < -0.3 is 20.3 Å². The molecule has 0 radical (unpaired) electrons. The highest BCUT2D eigenvalue weighted by atomic mass is 32.2. The molecule has 0 spiro atoms. The van der Waals surface area contributed by atoms with E-state index in [9.17, 15) is 14.4 Å². The van der Waals surface area contributed by atoms with E-state index in [4.69, 9.17) is 15.0 Å². The molecule has 0 saturated carbocycles. The number of benzene rings is 1. The summed E-state index contributed by atoms with van der Waals surface area (Å²) in [7, 11) is 0. The van der Waals surface area contributed by atoms with Crippen molar-refractivity contribution in [3.05, 3.63) is 46.8 Å². The van der Waals surface area contributed by atoms with Gasteiger partial charge in [-0.05, 0) is 45.0 Å². The fourth-order valence-corrected chi connectivity index (χ4v) is 3.14. The van der Waals surface area contributed by atoms with Gasteiger partial charge in [0.25, 0.3) is 5.91 Å². The molecular weight excluding hydrogens is 370 g/mol. The van der Waals surface area contributed by atoms with Crippen molar-refractivity contribution >= 4 is 35.2 Å². The topological polar surface area (TPSA) is 125 Å². The molecule has 1 aromatic heterocycles.